The van der Waals surface area contributed by atoms with Crippen molar-refractivity contribution in [3.05, 3.63) is 49.1 Å². The molecule has 4 radical (unpaired) electrons. The molecule has 0 atom stereocenters. The first-order chi connectivity index (χ1) is 7.73. The normalized spacial score (nSPS) is 22.0. The third-order valence-electron chi connectivity index (χ3n) is 1.89. The van der Waals surface area contributed by atoms with Gasteiger partial charge < -0.3 is 18.6 Å². The molecule has 0 aromatic rings. The summed E-state index contributed by atoms with van der Waals surface area (Å²) in [7, 11) is -3.72. The summed E-state index contributed by atoms with van der Waals surface area (Å²) in [6.07, 6.45) is 0. The zero-order valence-electron chi connectivity index (χ0n) is 9.14. The summed E-state index contributed by atoms with van der Waals surface area (Å²) < 4.78 is 14.2. The Labute approximate surface area is 104 Å². The highest BCUT2D eigenvalue weighted by Gasteiger charge is 2.27. The predicted molar refractivity (Wildman–Crippen MR) is 76.3 cm³/mol. The maximum atomic E-state index is 3.85. The van der Waals surface area contributed by atoms with Crippen molar-refractivity contribution in [2.45, 2.75) is 0 Å². The Kier molecular flexibility index (Phi) is 6.08. The standard InChI is InChI=1S/C8H16N4Si4/c1-5-13-9-14(6-2)11-16(8-4)12-15(7-3)10-13/h5-12H,1-4H2. The van der Waals surface area contributed by atoms with Crippen molar-refractivity contribution in [2.75, 3.05) is 0 Å². The predicted octanol–water partition coefficient (Wildman–Crippen LogP) is -0.788. The summed E-state index contributed by atoms with van der Waals surface area (Å²) in [6.45, 7) is 15.4. The average molecular weight is 281 g/mol. The van der Waals surface area contributed by atoms with E-state index in [-0.39, 0.29) is 0 Å². The molecule has 1 fully saturated rings. The van der Waals surface area contributed by atoms with Gasteiger partial charge in [-0.1, -0.05) is 22.8 Å². The van der Waals surface area contributed by atoms with E-state index in [0.29, 0.717) is 0 Å². The molecule has 0 aromatic carbocycles. The Morgan fingerprint density at radius 1 is 0.500 bits per heavy atom. The minimum Gasteiger partial charge on any atom is -0.330 e. The van der Waals surface area contributed by atoms with Gasteiger partial charge in [0, 0.05) is 0 Å². The molecule has 0 aromatic heterocycles. The summed E-state index contributed by atoms with van der Waals surface area (Å²) in [5.41, 5.74) is 7.84. The smallest absolute Gasteiger partial charge is 0.240 e. The second-order valence-corrected chi connectivity index (χ2v) is 11.9. The van der Waals surface area contributed by atoms with E-state index in [0.717, 1.165) is 0 Å². The quantitative estimate of drug-likeness (QED) is 0.510. The Hall–Kier alpha value is -0.332. The van der Waals surface area contributed by atoms with Crippen LogP contribution in [0.2, 0.25) is 0 Å². The molecule has 1 heterocycles. The molecule has 4 N–H and O–H groups in total. The van der Waals surface area contributed by atoms with Crippen LogP contribution in [0.3, 0.4) is 0 Å². The highest BCUT2D eigenvalue weighted by atomic mass is 28.4. The molecule has 84 valence electrons. The van der Waals surface area contributed by atoms with Crippen LogP contribution in [0, 0.1) is 0 Å². The van der Waals surface area contributed by atoms with Crippen LogP contribution in [-0.2, 0) is 0 Å². The average Bonchev–Trinajstić information content (AvgIpc) is 2.29. The van der Waals surface area contributed by atoms with Gasteiger partial charge in [-0.25, -0.2) is 0 Å². The second-order valence-electron chi connectivity index (χ2n) is 2.97. The SMILES string of the molecule is C=C[Si]1N[Si](C=C)N[Si](C=C)N[Si](C=C)N1. The van der Waals surface area contributed by atoms with Crippen LogP contribution in [0.15, 0.2) is 49.1 Å². The fourth-order valence-corrected chi connectivity index (χ4v) is 12.3. The molecular weight excluding hydrogens is 264 g/mol. The molecule has 4 nitrogen and oxygen atoms in total. The minimum atomic E-state index is -0.929. The summed E-state index contributed by atoms with van der Waals surface area (Å²) in [5.74, 6) is 0. The van der Waals surface area contributed by atoms with Gasteiger partial charge in [0.2, 0.25) is 36.5 Å². The Morgan fingerprint density at radius 3 is 0.812 bits per heavy atom. The molecule has 1 rings (SSSR count). The van der Waals surface area contributed by atoms with Crippen molar-refractivity contribution in [1.82, 2.24) is 18.6 Å². The van der Waals surface area contributed by atoms with Crippen molar-refractivity contribution in [3.63, 3.8) is 0 Å². The molecule has 0 spiro atoms. The van der Waals surface area contributed by atoms with Crippen molar-refractivity contribution in [3.8, 4) is 0 Å². The van der Waals surface area contributed by atoms with E-state index < -0.39 is 36.5 Å². The molecule has 0 saturated carbocycles. The van der Waals surface area contributed by atoms with E-state index in [2.05, 4.69) is 44.9 Å². The van der Waals surface area contributed by atoms with Gasteiger partial charge >= 0.3 is 0 Å². The van der Waals surface area contributed by atoms with E-state index >= 15 is 0 Å². The van der Waals surface area contributed by atoms with Gasteiger partial charge in [0.05, 0.1) is 0 Å². The van der Waals surface area contributed by atoms with E-state index in [1.54, 1.807) is 0 Å². The molecular formula is C8H16N4Si4. The molecule has 1 aliphatic heterocycles. The van der Waals surface area contributed by atoms with Gasteiger partial charge in [-0.3, -0.25) is 0 Å². The van der Waals surface area contributed by atoms with Gasteiger partial charge in [0.1, 0.15) is 0 Å². The van der Waals surface area contributed by atoms with Crippen LogP contribution >= 0.6 is 0 Å². The lowest BCUT2D eigenvalue weighted by molar-refractivity contribution is 1.20. The molecule has 8 heteroatoms. The van der Waals surface area contributed by atoms with Gasteiger partial charge in [0.15, 0.2) is 0 Å². The first-order valence-electron chi connectivity index (χ1n) is 4.79. The largest absolute Gasteiger partial charge is 0.330 e. The lowest BCUT2D eigenvalue weighted by Gasteiger charge is -2.29. The summed E-state index contributed by atoms with van der Waals surface area (Å²) in [5, 5.41) is 0. The topological polar surface area (TPSA) is 48.1 Å². The van der Waals surface area contributed by atoms with E-state index in [9.17, 15) is 0 Å². The van der Waals surface area contributed by atoms with Crippen LogP contribution in [0.4, 0.5) is 0 Å². The Bertz CT molecular complexity index is 221. The van der Waals surface area contributed by atoms with Crippen molar-refractivity contribution >= 4 is 36.5 Å². The molecule has 0 unspecified atom stereocenters. The molecule has 1 saturated heterocycles. The third kappa shape index (κ3) is 3.92. The van der Waals surface area contributed by atoms with Crippen molar-refractivity contribution in [2.24, 2.45) is 0 Å². The van der Waals surface area contributed by atoms with Crippen LogP contribution in [-0.4, -0.2) is 36.5 Å². The summed E-state index contributed by atoms with van der Waals surface area (Å²) >= 11 is 0. The maximum absolute atomic E-state index is 3.85. The van der Waals surface area contributed by atoms with Crippen molar-refractivity contribution < 1.29 is 0 Å². The molecule has 0 aliphatic carbocycles. The first-order valence-corrected chi connectivity index (χ1v) is 11.1. The highest BCUT2D eigenvalue weighted by molar-refractivity contribution is 6.91. The zero-order valence-corrected chi connectivity index (χ0v) is 13.1. The number of nitrogens with one attached hydrogen (secondary N) is 4. The van der Waals surface area contributed by atoms with Crippen LogP contribution in [0.5, 0.6) is 0 Å². The monoisotopic (exact) mass is 280 g/mol. The van der Waals surface area contributed by atoms with Crippen LogP contribution < -0.4 is 18.6 Å². The lowest BCUT2D eigenvalue weighted by atomic mass is 11.3. The van der Waals surface area contributed by atoms with Crippen LogP contribution in [0.1, 0.15) is 0 Å². The van der Waals surface area contributed by atoms with Gasteiger partial charge in [0.25, 0.3) is 0 Å². The number of hydrogen-bond acceptors (Lipinski definition) is 4. The molecule has 16 heavy (non-hydrogen) atoms. The Morgan fingerprint density at radius 2 is 0.688 bits per heavy atom. The van der Waals surface area contributed by atoms with E-state index in [4.69, 9.17) is 0 Å². The Balaban J connectivity index is 2.75. The maximum Gasteiger partial charge on any atom is 0.240 e. The fourth-order valence-electron chi connectivity index (χ4n) is 1.11. The van der Waals surface area contributed by atoms with E-state index in [1.165, 1.54) is 0 Å². The first kappa shape index (κ1) is 13.7. The molecule has 0 bridgehead atoms. The zero-order chi connectivity index (χ0) is 12.0. The van der Waals surface area contributed by atoms with Gasteiger partial charge in [-0.15, -0.1) is 26.3 Å². The third-order valence-corrected chi connectivity index (χ3v) is 12.1. The fraction of sp³-hybridized carbons (Fsp3) is 0. The second kappa shape index (κ2) is 7.08. The highest BCUT2D eigenvalue weighted by Crippen LogP contribution is 1.88. The molecule has 0 amide bonds. The molecule has 1 aliphatic rings. The van der Waals surface area contributed by atoms with Crippen LogP contribution in [0.25, 0.3) is 0 Å². The lowest BCUT2D eigenvalue weighted by Crippen LogP contribution is -2.73. The number of rotatable bonds is 4. The van der Waals surface area contributed by atoms with E-state index in [1.807, 2.05) is 22.8 Å². The summed E-state index contributed by atoms with van der Waals surface area (Å²) in [6, 6.07) is 0. The number of hydrogen-bond donors (Lipinski definition) is 4. The summed E-state index contributed by atoms with van der Waals surface area (Å²) in [4.78, 5) is 0. The minimum absolute atomic E-state index is 0.929. The van der Waals surface area contributed by atoms with Crippen molar-refractivity contribution in [1.29, 1.82) is 0 Å². The van der Waals surface area contributed by atoms with Gasteiger partial charge in [-0.2, -0.15) is 0 Å². The van der Waals surface area contributed by atoms with Gasteiger partial charge in [-0.05, 0) is 0 Å².